The Morgan fingerprint density at radius 2 is 1.88 bits per heavy atom. The molecule has 0 bridgehead atoms. The van der Waals surface area contributed by atoms with Gasteiger partial charge in [0.1, 0.15) is 11.3 Å². The zero-order valence-corrected chi connectivity index (χ0v) is 14.3. The van der Waals surface area contributed by atoms with Gasteiger partial charge in [0, 0.05) is 48.1 Å². The van der Waals surface area contributed by atoms with E-state index in [9.17, 15) is 0 Å². The predicted octanol–water partition coefficient (Wildman–Crippen LogP) is 3.78. The summed E-state index contributed by atoms with van der Waals surface area (Å²) < 4.78 is 6.19. The number of rotatable bonds is 4. The van der Waals surface area contributed by atoms with Crippen molar-refractivity contribution in [1.82, 2.24) is 10.6 Å². The van der Waals surface area contributed by atoms with Crippen LogP contribution in [0.25, 0.3) is 11.0 Å². The lowest BCUT2D eigenvalue weighted by Gasteiger charge is -2.24. The summed E-state index contributed by atoms with van der Waals surface area (Å²) in [5.74, 6) is 1.06. The van der Waals surface area contributed by atoms with Gasteiger partial charge < -0.3 is 15.1 Å². The molecule has 0 saturated carbocycles. The van der Waals surface area contributed by atoms with Crippen LogP contribution in [0.15, 0.2) is 52.9 Å². The van der Waals surface area contributed by atoms with Crippen molar-refractivity contribution in [3.8, 4) is 0 Å². The van der Waals surface area contributed by atoms with Crippen molar-refractivity contribution in [2.45, 2.75) is 18.9 Å². The number of para-hydroxylation sites is 1. The van der Waals surface area contributed by atoms with Gasteiger partial charge in [0.05, 0.1) is 0 Å². The van der Waals surface area contributed by atoms with Crippen molar-refractivity contribution in [3.63, 3.8) is 0 Å². The quantitative estimate of drug-likeness (QED) is 0.759. The van der Waals surface area contributed by atoms with Gasteiger partial charge in [-0.1, -0.05) is 41.9 Å². The van der Waals surface area contributed by atoms with Gasteiger partial charge in [-0.05, 0) is 30.2 Å². The minimum Gasteiger partial charge on any atom is -0.460 e. The lowest BCUT2D eigenvalue weighted by molar-refractivity contribution is 0.414. The van der Waals surface area contributed by atoms with E-state index in [0.717, 1.165) is 48.8 Å². The molecule has 2 N–H and O–H groups in total. The van der Waals surface area contributed by atoms with Crippen LogP contribution in [0.2, 0.25) is 5.02 Å². The maximum absolute atomic E-state index is 6.19. The van der Waals surface area contributed by atoms with Crippen LogP contribution in [0.1, 0.15) is 16.9 Å². The van der Waals surface area contributed by atoms with E-state index in [0.29, 0.717) is 6.04 Å². The van der Waals surface area contributed by atoms with E-state index in [1.54, 1.807) is 0 Å². The highest BCUT2D eigenvalue weighted by Crippen LogP contribution is 2.29. The summed E-state index contributed by atoms with van der Waals surface area (Å²) in [6, 6.07) is 16.8. The molecular formula is C20H21ClN2O. The summed E-state index contributed by atoms with van der Waals surface area (Å²) in [7, 11) is 0. The van der Waals surface area contributed by atoms with Crippen LogP contribution in [0.3, 0.4) is 0 Å². The number of nitrogens with one attached hydrogen (secondary N) is 2. The molecule has 4 heteroatoms. The Morgan fingerprint density at radius 1 is 1.04 bits per heavy atom. The molecule has 1 aromatic heterocycles. The largest absolute Gasteiger partial charge is 0.460 e. The minimum atomic E-state index is 0.448. The second kappa shape index (κ2) is 6.98. The number of hydrogen-bond donors (Lipinski definition) is 2. The highest BCUT2D eigenvalue weighted by Gasteiger charge is 2.20. The summed E-state index contributed by atoms with van der Waals surface area (Å²) in [5, 5.41) is 9.06. The van der Waals surface area contributed by atoms with Gasteiger partial charge >= 0.3 is 0 Å². The molecule has 0 aliphatic carbocycles. The van der Waals surface area contributed by atoms with Crippen molar-refractivity contribution < 1.29 is 4.42 Å². The Bertz CT molecular complexity index is 819. The molecular weight excluding hydrogens is 320 g/mol. The maximum Gasteiger partial charge on any atom is 0.134 e. The smallest absolute Gasteiger partial charge is 0.134 e. The first kappa shape index (κ1) is 15.7. The number of furan rings is 1. The lowest BCUT2D eigenvalue weighted by Crippen LogP contribution is -2.49. The molecule has 0 amide bonds. The second-order valence-electron chi connectivity index (χ2n) is 6.36. The third-order valence-corrected chi connectivity index (χ3v) is 4.89. The summed E-state index contributed by atoms with van der Waals surface area (Å²) in [6.45, 7) is 3.06. The van der Waals surface area contributed by atoms with Gasteiger partial charge in [-0.3, -0.25) is 0 Å². The van der Waals surface area contributed by atoms with Crippen molar-refractivity contribution in [2.24, 2.45) is 0 Å². The van der Waals surface area contributed by atoms with Crippen LogP contribution in [0.5, 0.6) is 0 Å². The molecule has 3 aromatic rings. The summed E-state index contributed by atoms with van der Waals surface area (Å²) >= 11 is 6.00. The molecule has 2 aromatic carbocycles. The SMILES string of the molecule is Clc1ccc(Cc2oc3ccccc3c2CC2CNCCN2)cc1. The third-order valence-electron chi connectivity index (χ3n) is 4.64. The summed E-state index contributed by atoms with van der Waals surface area (Å²) in [5.41, 5.74) is 3.51. The molecule has 1 fully saturated rings. The van der Waals surface area contributed by atoms with Crippen LogP contribution in [0.4, 0.5) is 0 Å². The zero-order chi connectivity index (χ0) is 16.4. The fourth-order valence-electron chi connectivity index (χ4n) is 3.41. The first-order valence-corrected chi connectivity index (χ1v) is 8.85. The maximum atomic E-state index is 6.19. The van der Waals surface area contributed by atoms with E-state index < -0.39 is 0 Å². The molecule has 1 saturated heterocycles. The van der Waals surface area contributed by atoms with Gasteiger partial charge in [0.2, 0.25) is 0 Å². The average Bonchev–Trinajstić information content (AvgIpc) is 2.95. The van der Waals surface area contributed by atoms with Crippen LogP contribution in [-0.2, 0) is 12.8 Å². The summed E-state index contributed by atoms with van der Waals surface area (Å²) in [6.07, 6.45) is 1.77. The molecule has 3 nitrogen and oxygen atoms in total. The van der Waals surface area contributed by atoms with Gasteiger partial charge in [0.15, 0.2) is 0 Å². The fraction of sp³-hybridized carbons (Fsp3) is 0.300. The Hall–Kier alpha value is -1.81. The topological polar surface area (TPSA) is 37.2 Å². The Kier molecular flexibility index (Phi) is 4.56. The normalized spacial score (nSPS) is 18.1. The first-order chi connectivity index (χ1) is 11.8. The Morgan fingerprint density at radius 3 is 2.67 bits per heavy atom. The van der Waals surface area contributed by atoms with Crippen LogP contribution < -0.4 is 10.6 Å². The van der Waals surface area contributed by atoms with Crippen LogP contribution in [0, 0.1) is 0 Å². The van der Waals surface area contributed by atoms with Crippen molar-refractivity contribution in [2.75, 3.05) is 19.6 Å². The van der Waals surface area contributed by atoms with Crippen molar-refractivity contribution >= 4 is 22.6 Å². The van der Waals surface area contributed by atoms with Crippen molar-refractivity contribution in [3.05, 3.63) is 70.4 Å². The van der Waals surface area contributed by atoms with E-state index in [-0.39, 0.29) is 0 Å². The minimum absolute atomic E-state index is 0.448. The zero-order valence-electron chi connectivity index (χ0n) is 13.5. The molecule has 0 radical (unpaired) electrons. The van der Waals surface area contributed by atoms with Crippen LogP contribution in [-0.4, -0.2) is 25.7 Å². The number of halogens is 1. The fourth-order valence-corrected chi connectivity index (χ4v) is 3.53. The van der Waals surface area contributed by atoms with Crippen LogP contribution >= 0.6 is 11.6 Å². The van der Waals surface area contributed by atoms with Gasteiger partial charge in [-0.25, -0.2) is 0 Å². The van der Waals surface area contributed by atoms with E-state index >= 15 is 0 Å². The van der Waals surface area contributed by atoms with E-state index in [1.807, 2.05) is 18.2 Å². The molecule has 0 spiro atoms. The number of piperazine rings is 1. The predicted molar refractivity (Wildman–Crippen MR) is 98.8 cm³/mol. The molecule has 1 aliphatic rings. The van der Waals surface area contributed by atoms with Crippen molar-refractivity contribution in [1.29, 1.82) is 0 Å². The number of benzene rings is 2. The summed E-state index contributed by atoms with van der Waals surface area (Å²) in [4.78, 5) is 0. The molecule has 1 aliphatic heterocycles. The molecule has 24 heavy (non-hydrogen) atoms. The Balaban J connectivity index is 1.67. The first-order valence-electron chi connectivity index (χ1n) is 8.47. The van der Waals surface area contributed by atoms with Gasteiger partial charge in [0.25, 0.3) is 0 Å². The van der Waals surface area contributed by atoms with E-state index in [4.69, 9.17) is 16.0 Å². The molecule has 2 heterocycles. The second-order valence-corrected chi connectivity index (χ2v) is 6.80. The Labute approximate surface area is 147 Å². The highest BCUT2D eigenvalue weighted by molar-refractivity contribution is 6.30. The van der Waals surface area contributed by atoms with E-state index in [1.165, 1.54) is 16.5 Å². The monoisotopic (exact) mass is 340 g/mol. The number of hydrogen-bond acceptors (Lipinski definition) is 3. The molecule has 124 valence electrons. The van der Waals surface area contributed by atoms with Gasteiger partial charge in [-0.15, -0.1) is 0 Å². The standard InChI is InChI=1S/C20H21ClN2O/c21-15-7-5-14(6-8-15)11-20-18(12-16-13-22-9-10-23-16)17-3-1-2-4-19(17)24-20/h1-8,16,22-23H,9-13H2. The average molecular weight is 341 g/mol. The third kappa shape index (κ3) is 3.34. The molecule has 1 unspecified atom stereocenters. The number of fused-ring (bicyclic) bond motifs is 1. The molecule has 1 atom stereocenters. The molecule has 4 rings (SSSR count). The lowest BCUT2D eigenvalue weighted by atomic mass is 9.98. The highest BCUT2D eigenvalue weighted by atomic mass is 35.5. The van der Waals surface area contributed by atoms with E-state index in [2.05, 4.69) is 41.0 Å². The van der Waals surface area contributed by atoms with Gasteiger partial charge in [-0.2, -0.15) is 0 Å².